The van der Waals surface area contributed by atoms with E-state index in [1.54, 1.807) is 7.11 Å². The lowest BCUT2D eigenvalue weighted by Gasteiger charge is -2.26. The van der Waals surface area contributed by atoms with E-state index >= 15 is 0 Å². The Hall–Kier alpha value is -0.860. The summed E-state index contributed by atoms with van der Waals surface area (Å²) in [4.78, 5) is 0. The molecule has 84 valence electrons. The first kappa shape index (κ1) is 12.2. The summed E-state index contributed by atoms with van der Waals surface area (Å²) in [6.07, 6.45) is 1.22. The van der Waals surface area contributed by atoms with Crippen LogP contribution in [-0.4, -0.2) is 19.7 Å². The van der Waals surface area contributed by atoms with Gasteiger partial charge in [0.15, 0.2) is 0 Å². The quantitative estimate of drug-likeness (QED) is 0.774. The van der Waals surface area contributed by atoms with Crippen molar-refractivity contribution >= 4 is 0 Å². The van der Waals surface area contributed by atoms with E-state index in [0.717, 1.165) is 13.0 Å². The number of methoxy groups -OCH3 is 1. The first-order valence-electron chi connectivity index (χ1n) is 5.64. The van der Waals surface area contributed by atoms with Crippen LogP contribution < -0.4 is 5.32 Å². The van der Waals surface area contributed by atoms with Gasteiger partial charge < -0.3 is 10.1 Å². The lowest BCUT2D eigenvalue weighted by Crippen LogP contribution is -2.35. The zero-order valence-electron chi connectivity index (χ0n) is 9.86. The summed E-state index contributed by atoms with van der Waals surface area (Å²) < 4.78 is 5.58. The van der Waals surface area contributed by atoms with Crippen LogP contribution in [0.25, 0.3) is 0 Å². The van der Waals surface area contributed by atoms with Crippen LogP contribution in [0.15, 0.2) is 30.3 Å². The van der Waals surface area contributed by atoms with Gasteiger partial charge in [-0.1, -0.05) is 44.2 Å². The van der Waals surface area contributed by atoms with Crippen molar-refractivity contribution in [3.8, 4) is 0 Å². The van der Waals surface area contributed by atoms with Gasteiger partial charge in [-0.2, -0.15) is 0 Å². The molecule has 2 atom stereocenters. The van der Waals surface area contributed by atoms with Crippen molar-refractivity contribution in [1.29, 1.82) is 0 Å². The molecule has 0 spiro atoms. The fourth-order valence-corrected chi connectivity index (χ4v) is 1.90. The lowest BCUT2D eigenvalue weighted by atomic mass is 10.00. The van der Waals surface area contributed by atoms with Crippen LogP contribution in [-0.2, 0) is 4.74 Å². The van der Waals surface area contributed by atoms with Crippen LogP contribution in [0.2, 0.25) is 0 Å². The van der Waals surface area contributed by atoms with Crippen molar-refractivity contribution in [2.75, 3.05) is 13.7 Å². The molecule has 0 heterocycles. The maximum Gasteiger partial charge on any atom is 0.0973 e. The van der Waals surface area contributed by atoms with Gasteiger partial charge >= 0.3 is 0 Å². The molecule has 2 unspecified atom stereocenters. The average molecular weight is 207 g/mol. The topological polar surface area (TPSA) is 21.3 Å². The fraction of sp³-hybridized carbons (Fsp3) is 0.538. The van der Waals surface area contributed by atoms with Gasteiger partial charge in [0.1, 0.15) is 0 Å². The maximum absolute atomic E-state index is 5.58. The molecule has 2 nitrogen and oxygen atoms in total. The molecular formula is C13H21NO. The van der Waals surface area contributed by atoms with Crippen molar-refractivity contribution in [3.05, 3.63) is 35.9 Å². The van der Waals surface area contributed by atoms with E-state index in [0.29, 0.717) is 6.04 Å². The molecule has 0 amide bonds. The third-order valence-electron chi connectivity index (χ3n) is 2.65. The van der Waals surface area contributed by atoms with Gasteiger partial charge in [-0.3, -0.25) is 0 Å². The molecule has 0 fully saturated rings. The van der Waals surface area contributed by atoms with Crippen LogP contribution >= 0.6 is 0 Å². The molecule has 1 aromatic carbocycles. The predicted molar refractivity (Wildman–Crippen MR) is 63.9 cm³/mol. The zero-order chi connectivity index (χ0) is 11.1. The highest BCUT2D eigenvalue weighted by Gasteiger charge is 2.19. The number of benzene rings is 1. The molecule has 0 aromatic heterocycles. The molecule has 1 aromatic rings. The van der Waals surface area contributed by atoms with E-state index in [4.69, 9.17) is 4.74 Å². The number of ether oxygens (including phenoxy) is 1. The van der Waals surface area contributed by atoms with E-state index in [2.05, 4.69) is 43.4 Å². The van der Waals surface area contributed by atoms with Crippen LogP contribution in [0.5, 0.6) is 0 Å². The second kappa shape index (κ2) is 6.59. The Morgan fingerprint density at radius 2 is 1.87 bits per heavy atom. The molecule has 0 radical (unpaired) electrons. The van der Waals surface area contributed by atoms with Crippen LogP contribution in [0.4, 0.5) is 0 Å². The number of hydrogen-bond donors (Lipinski definition) is 1. The molecule has 0 saturated carbocycles. The van der Waals surface area contributed by atoms with Crippen LogP contribution in [0.3, 0.4) is 0 Å². The first-order valence-corrected chi connectivity index (χ1v) is 5.64. The van der Waals surface area contributed by atoms with Crippen LogP contribution in [0.1, 0.15) is 31.9 Å². The summed E-state index contributed by atoms with van der Waals surface area (Å²) in [6.45, 7) is 5.29. The second-order valence-corrected chi connectivity index (χ2v) is 3.64. The predicted octanol–water partition coefficient (Wildman–Crippen LogP) is 2.76. The smallest absolute Gasteiger partial charge is 0.0973 e. The largest absolute Gasteiger partial charge is 0.375 e. The molecule has 0 saturated heterocycles. The number of hydrogen-bond acceptors (Lipinski definition) is 2. The maximum atomic E-state index is 5.58. The fourth-order valence-electron chi connectivity index (χ4n) is 1.90. The summed E-state index contributed by atoms with van der Waals surface area (Å²) in [5.74, 6) is 0. The van der Waals surface area contributed by atoms with Crippen molar-refractivity contribution < 1.29 is 4.74 Å². The van der Waals surface area contributed by atoms with E-state index in [1.165, 1.54) is 5.56 Å². The van der Waals surface area contributed by atoms with Gasteiger partial charge in [-0.25, -0.2) is 0 Å². The van der Waals surface area contributed by atoms with E-state index < -0.39 is 0 Å². The normalized spacial score (nSPS) is 14.9. The Kier molecular flexibility index (Phi) is 5.37. The van der Waals surface area contributed by atoms with Gasteiger partial charge in [-0.15, -0.1) is 0 Å². The average Bonchev–Trinajstić information content (AvgIpc) is 2.30. The first-order chi connectivity index (χ1) is 7.33. The Balaban J connectivity index is 2.77. The third kappa shape index (κ3) is 3.33. The summed E-state index contributed by atoms with van der Waals surface area (Å²) in [6, 6.07) is 10.8. The molecule has 2 heteroatoms. The molecular weight excluding hydrogens is 186 g/mol. The molecule has 0 aliphatic rings. The summed E-state index contributed by atoms with van der Waals surface area (Å²) in [5, 5.41) is 3.46. The summed E-state index contributed by atoms with van der Waals surface area (Å²) >= 11 is 0. The molecule has 0 aliphatic heterocycles. The Morgan fingerprint density at radius 1 is 1.20 bits per heavy atom. The van der Waals surface area contributed by atoms with Gasteiger partial charge in [0.2, 0.25) is 0 Å². The minimum atomic E-state index is 0.149. The second-order valence-electron chi connectivity index (χ2n) is 3.64. The van der Waals surface area contributed by atoms with Crippen LogP contribution in [0, 0.1) is 0 Å². The van der Waals surface area contributed by atoms with Crippen molar-refractivity contribution in [2.24, 2.45) is 0 Å². The molecule has 15 heavy (non-hydrogen) atoms. The Bertz CT molecular complexity index is 260. The van der Waals surface area contributed by atoms with Gasteiger partial charge in [0, 0.05) is 13.2 Å². The van der Waals surface area contributed by atoms with Crippen molar-refractivity contribution in [1.82, 2.24) is 5.32 Å². The summed E-state index contributed by atoms with van der Waals surface area (Å²) in [7, 11) is 1.78. The van der Waals surface area contributed by atoms with Gasteiger partial charge in [-0.05, 0) is 18.5 Å². The van der Waals surface area contributed by atoms with E-state index in [9.17, 15) is 0 Å². The highest BCUT2D eigenvalue weighted by Crippen LogP contribution is 2.22. The number of rotatable bonds is 6. The minimum absolute atomic E-state index is 0.149. The standard InChI is InChI=1S/C13H21NO/c1-4-12(14-5-2)13(15-3)11-9-7-6-8-10-11/h6-10,12-14H,4-5H2,1-3H3. The molecule has 0 aliphatic carbocycles. The third-order valence-corrected chi connectivity index (χ3v) is 2.65. The van der Waals surface area contributed by atoms with Gasteiger partial charge in [0.05, 0.1) is 6.10 Å². The molecule has 0 bridgehead atoms. The highest BCUT2D eigenvalue weighted by molar-refractivity contribution is 5.19. The zero-order valence-corrected chi connectivity index (χ0v) is 9.86. The Morgan fingerprint density at radius 3 is 2.33 bits per heavy atom. The number of nitrogens with one attached hydrogen (secondary N) is 1. The minimum Gasteiger partial charge on any atom is -0.375 e. The van der Waals surface area contributed by atoms with Gasteiger partial charge in [0.25, 0.3) is 0 Å². The highest BCUT2D eigenvalue weighted by atomic mass is 16.5. The van der Waals surface area contributed by atoms with E-state index in [-0.39, 0.29) is 6.10 Å². The van der Waals surface area contributed by atoms with E-state index in [1.807, 2.05) is 6.07 Å². The Labute approximate surface area is 92.6 Å². The summed E-state index contributed by atoms with van der Waals surface area (Å²) in [5.41, 5.74) is 1.24. The SMILES string of the molecule is CCNC(CC)C(OC)c1ccccc1. The molecule has 1 rings (SSSR count). The monoisotopic (exact) mass is 207 g/mol. The molecule has 1 N–H and O–H groups in total. The van der Waals surface area contributed by atoms with Crippen molar-refractivity contribution in [3.63, 3.8) is 0 Å². The van der Waals surface area contributed by atoms with Crippen molar-refractivity contribution in [2.45, 2.75) is 32.4 Å². The lowest BCUT2D eigenvalue weighted by molar-refractivity contribution is 0.0671. The number of likely N-dealkylation sites (N-methyl/N-ethyl adjacent to an activating group) is 1.